The maximum atomic E-state index is 13.8. The lowest BCUT2D eigenvalue weighted by Gasteiger charge is -2.35. The molecule has 0 N–H and O–H groups in total. The van der Waals surface area contributed by atoms with Crippen molar-refractivity contribution in [3.8, 4) is 0 Å². The van der Waals surface area contributed by atoms with Crippen molar-refractivity contribution in [3.63, 3.8) is 0 Å². The molecule has 3 aromatic heterocycles. The van der Waals surface area contributed by atoms with E-state index in [-0.39, 0.29) is 17.5 Å². The molecule has 32 heavy (non-hydrogen) atoms. The summed E-state index contributed by atoms with van der Waals surface area (Å²) in [7, 11) is 0. The minimum absolute atomic E-state index is 0.00402. The minimum Gasteiger partial charge on any atom is -0.334 e. The summed E-state index contributed by atoms with van der Waals surface area (Å²) in [6.45, 7) is 5.34. The molecule has 0 spiro atoms. The number of likely N-dealkylation sites (tertiary alicyclic amines) is 1. The first-order valence-corrected chi connectivity index (χ1v) is 11.4. The molecule has 6 nitrogen and oxygen atoms in total. The molecule has 0 saturated carbocycles. The molecule has 1 saturated heterocycles. The highest BCUT2D eigenvalue weighted by molar-refractivity contribution is 5.98. The van der Waals surface area contributed by atoms with Gasteiger partial charge in [-0.1, -0.05) is 43.3 Å². The number of benzene rings is 1. The summed E-state index contributed by atoms with van der Waals surface area (Å²) in [6, 6.07) is 15.8. The highest BCUT2D eigenvalue weighted by atomic mass is 16.2. The van der Waals surface area contributed by atoms with E-state index < -0.39 is 0 Å². The molecular formula is C26H28N4O2. The van der Waals surface area contributed by atoms with Crippen molar-refractivity contribution >= 4 is 22.6 Å². The highest BCUT2D eigenvalue weighted by Gasteiger charge is 2.29. The smallest absolute Gasteiger partial charge is 0.270 e. The molecule has 6 heteroatoms. The SMILES string of the molecule is CC[C@H]1CCCCN1C(=O)c1cc2c(=O)n3cccc(C)c3nc2n1Cc1ccccc1. The van der Waals surface area contributed by atoms with Crippen LogP contribution in [0.4, 0.5) is 0 Å². The average Bonchev–Trinajstić information content (AvgIpc) is 3.18. The Morgan fingerprint density at radius 1 is 1.09 bits per heavy atom. The van der Waals surface area contributed by atoms with Crippen molar-refractivity contribution in [1.29, 1.82) is 0 Å². The maximum absolute atomic E-state index is 13.8. The van der Waals surface area contributed by atoms with Crippen molar-refractivity contribution in [1.82, 2.24) is 18.9 Å². The molecule has 1 aliphatic rings. The Labute approximate surface area is 187 Å². The van der Waals surface area contributed by atoms with E-state index in [4.69, 9.17) is 4.98 Å². The molecule has 0 radical (unpaired) electrons. The number of nitrogens with zero attached hydrogens (tertiary/aromatic N) is 4. The van der Waals surface area contributed by atoms with Crippen molar-refractivity contribution in [2.45, 2.75) is 52.1 Å². The van der Waals surface area contributed by atoms with Crippen LogP contribution in [-0.4, -0.2) is 37.3 Å². The molecule has 1 amide bonds. The average molecular weight is 429 g/mol. The normalized spacial score (nSPS) is 16.7. The summed E-state index contributed by atoms with van der Waals surface area (Å²) >= 11 is 0. The van der Waals surface area contributed by atoms with E-state index >= 15 is 0 Å². The van der Waals surface area contributed by atoms with Crippen LogP contribution in [0.5, 0.6) is 0 Å². The molecule has 1 fully saturated rings. The van der Waals surface area contributed by atoms with Crippen molar-refractivity contribution in [3.05, 3.63) is 81.9 Å². The molecule has 4 heterocycles. The van der Waals surface area contributed by atoms with Gasteiger partial charge in [-0.3, -0.25) is 14.0 Å². The number of rotatable bonds is 4. The van der Waals surface area contributed by atoms with Gasteiger partial charge in [0.05, 0.1) is 5.39 Å². The molecule has 1 atom stereocenters. The van der Waals surface area contributed by atoms with Crippen molar-refractivity contribution < 1.29 is 4.79 Å². The van der Waals surface area contributed by atoms with E-state index in [9.17, 15) is 9.59 Å². The summed E-state index contributed by atoms with van der Waals surface area (Å²) in [6.07, 6.45) is 5.89. The first-order chi connectivity index (χ1) is 15.6. The first kappa shape index (κ1) is 20.5. The number of carbonyl (C=O) groups is 1. The van der Waals surface area contributed by atoms with Crippen LogP contribution < -0.4 is 5.56 Å². The Bertz CT molecular complexity index is 1350. The van der Waals surface area contributed by atoms with Gasteiger partial charge in [-0.25, -0.2) is 4.98 Å². The fourth-order valence-corrected chi connectivity index (χ4v) is 4.90. The van der Waals surface area contributed by atoms with E-state index in [0.29, 0.717) is 28.9 Å². The number of carbonyl (C=O) groups excluding carboxylic acids is 1. The van der Waals surface area contributed by atoms with Gasteiger partial charge in [0.25, 0.3) is 11.5 Å². The molecule has 1 aliphatic heterocycles. The second-order valence-corrected chi connectivity index (χ2v) is 8.70. The number of amides is 1. The van der Waals surface area contributed by atoms with Crippen LogP contribution in [-0.2, 0) is 6.54 Å². The van der Waals surface area contributed by atoms with Crippen molar-refractivity contribution in [2.75, 3.05) is 6.54 Å². The summed E-state index contributed by atoms with van der Waals surface area (Å²) in [4.78, 5) is 34.0. The predicted molar refractivity (Wildman–Crippen MR) is 126 cm³/mol. The Kier molecular flexibility index (Phi) is 5.29. The van der Waals surface area contributed by atoms with E-state index in [1.54, 1.807) is 16.7 Å². The zero-order valence-electron chi connectivity index (χ0n) is 18.6. The largest absolute Gasteiger partial charge is 0.334 e. The Balaban J connectivity index is 1.74. The molecular weight excluding hydrogens is 400 g/mol. The van der Waals surface area contributed by atoms with E-state index in [1.165, 1.54) is 0 Å². The zero-order valence-corrected chi connectivity index (χ0v) is 18.6. The molecule has 5 rings (SSSR count). The molecule has 164 valence electrons. The van der Waals surface area contributed by atoms with Gasteiger partial charge in [0.1, 0.15) is 17.0 Å². The standard InChI is InChI=1S/C26H28N4O2/c1-3-20-13-7-8-14-28(20)26(32)22-16-21-24(30(22)17-19-11-5-4-6-12-19)27-23-18(2)10-9-15-29(23)25(21)31/h4-6,9-12,15-16,20H,3,7-8,13-14,17H2,1-2H3/t20-/m0/s1. The quantitative estimate of drug-likeness (QED) is 0.484. The first-order valence-electron chi connectivity index (χ1n) is 11.4. The summed E-state index contributed by atoms with van der Waals surface area (Å²) in [5, 5.41) is 0.484. The van der Waals surface area contributed by atoms with E-state index in [1.807, 2.05) is 58.9 Å². The van der Waals surface area contributed by atoms with Crippen LogP contribution >= 0.6 is 0 Å². The van der Waals surface area contributed by atoms with Crippen LogP contribution in [0.1, 0.15) is 54.2 Å². The van der Waals surface area contributed by atoms with E-state index in [0.717, 1.165) is 43.4 Å². The van der Waals surface area contributed by atoms with Crippen LogP contribution in [0.15, 0.2) is 59.5 Å². The summed E-state index contributed by atoms with van der Waals surface area (Å²) in [5.41, 5.74) is 3.59. The zero-order chi connectivity index (χ0) is 22.2. The fraction of sp³-hybridized carbons (Fsp3) is 0.346. The predicted octanol–water partition coefficient (Wildman–Crippen LogP) is 4.41. The number of hydrogen-bond donors (Lipinski definition) is 0. The van der Waals surface area contributed by atoms with Crippen LogP contribution in [0, 0.1) is 6.92 Å². The minimum atomic E-state index is -0.139. The van der Waals surface area contributed by atoms with Gasteiger partial charge in [0.2, 0.25) is 0 Å². The Hall–Kier alpha value is -3.41. The number of pyridine rings is 1. The van der Waals surface area contributed by atoms with E-state index in [2.05, 4.69) is 6.92 Å². The third-order valence-corrected chi connectivity index (χ3v) is 6.65. The summed E-state index contributed by atoms with van der Waals surface area (Å²) in [5.74, 6) is -0.00402. The van der Waals surface area contributed by atoms with Gasteiger partial charge in [0, 0.05) is 25.3 Å². The number of piperidine rings is 1. The monoisotopic (exact) mass is 428 g/mol. The number of fused-ring (bicyclic) bond motifs is 2. The highest BCUT2D eigenvalue weighted by Crippen LogP contribution is 2.25. The fourth-order valence-electron chi connectivity index (χ4n) is 4.90. The Morgan fingerprint density at radius 2 is 1.91 bits per heavy atom. The maximum Gasteiger partial charge on any atom is 0.270 e. The summed E-state index contributed by atoms with van der Waals surface area (Å²) < 4.78 is 3.51. The Morgan fingerprint density at radius 3 is 2.69 bits per heavy atom. The van der Waals surface area contributed by atoms with Gasteiger partial charge in [-0.05, 0) is 55.9 Å². The third kappa shape index (κ3) is 3.40. The lowest BCUT2D eigenvalue weighted by atomic mass is 9.99. The molecule has 0 aliphatic carbocycles. The lowest BCUT2D eigenvalue weighted by molar-refractivity contribution is 0.0598. The third-order valence-electron chi connectivity index (χ3n) is 6.65. The molecule has 1 aromatic carbocycles. The van der Waals surface area contributed by atoms with Gasteiger partial charge in [0.15, 0.2) is 0 Å². The van der Waals surface area contributed by atoms with Gasteiger partial charge < -0.3 is 9.47 Å². The van der Waals surface area contributed by atoms with Crippen LogP contribution in [0.25, 0.3) is 16.7 Å². The van der Waals surface area contributed by atoms with Crippen LogP contribution in [0.3, 0.4) is 0 Å². The number of aromatic nitrogens is 3. The van der Waals surface area contributed by atoms with Gasteiger partial charge >= 0.3 is 0 Å². The van der Waals surface area contributed by atoms with Crippen molar-refractivity contribution in [2.24, 2.45) is 0 Å². The molecule has 0 bridgehead atoms. The van der Waals surface area contributed by atoms with Gasteiger partial charge in [-0.2, -0.15) is 0 Å². The molecule has 0 unspecified atom stereocenters. The second-order valence-electron chi connectivity index (χ2n) is 8.70. The van der Waals surface area contributed by atoms with Crippen LogP contribution in [0.2, 0.25) is 0 Å². The number of aryl methyl sites for hydroxylation is 1. The second kappa shape index (κ2) is 8.26. The lowest BCUT2D eigenvalue weighted by Crippen LogP contribution is -2.44. The molecule has 4 aromatic rings. The van der Waals surface area contributed by atoms with Gasteiger partial charge in [-0.15, -0.1) is 0 Å². The topological polar surface area (TPSA) is 59.6 Å². The number of hydrogen-bond acceptors (Lipinski definition) is 3.